The van der Waals surface area contributed by atoms with E-state index in [0.29, 0.717) is 6.42 Å². The van der Waals surface area contributed by atoms with Crippen molar-refractivity contribution in [2.75, 3.05) is 0 Å². The van der Waals surface area contributed by atoms with Gasteiger partial charge in [0.25, 0.3) is 0 Å². The van der Waals surface area contributed by atoms with Gasteiger partial charge >= 0.3 is 0 Å². The maximum Gasteiger partial charge on any atom is 0.130 e. The number of hydrogen-bond acceptors (Lipinski definition) is 2. The van der Waals surface area contributed by atoms with E-state index in [-0.39, 0.29) is 11.2 Å². The summed E-state index contributed by atoms with van der Waals surface area (Å²) in [6.45, 7) is 7.03. The summed E-state index contributed by atoms with van der Waals surface area (Å²) >= 11 is 0. The molecule has 0 aromatic heterocycles. The van der Waals surface area contributed by atoms with Crippen LogP contribution < -0.4 is 0 Å². The summed E-state index contributed by atoms with van der Waals surface area (Å²) in [7, 11) is 0. The van der Waals surface area contributed by atoms with Crippen molar-refractivity contribution in [1.82, 2.24) is 0 Å². The number of aliphatic hydroxyl groups excluding tert-OH is 1. The summed E-state index contributed by atoms with van der Waals surface area (Å²) < 4.78 is 0. The maximum atomic E-state index is 10.7. The Morgan fingerprint density at radius 3 is 2.10 bits per heavy atom. The van der Waals surface area contributed by atoms with E-state index in [1.807, 2.05) is 13.8 Å². The number of carbonyl (C=O) groups is 1. The predicted molar refractivity (Wildman–Crippen MR) is 40.8 cm³/mol. The number of aliphatic hydroxyl groups is 1. The van der Waals surface area contributed by atoms with Crippen LogP contribution in [0.4, 0.5) is 0 Å². The van der Waals surface area contributed by atoms with Gasteiger partial charge in [-0.15, -0.1) is 0 Å². The molecule has 0 bridgehead atoms. The van der Waals surface area contributed by atoms with Crippen LogP contribution in [0.2, 0.25) is 0 Å². The quantitative estimate of drug-likeness (QED) is 0.649. The largest absolute Gasteiger partial charge is 0.393 e. The number of rotatable bonds is 3. The molecular formula is C8H16O2. The molecule has 1 unspecified atom stereocenters. The first kappa shape index (κ1) is 9.63. The van der Waals surface area contributed by atoms with Crippen LogP contribution in [0, 0.1) is 5.41 Å². The molecule has 0 saturated carbocycles. The van der Waals surface area contributed by atoms with Gasteiger partial charge in [0.2, 0.25) is 0 Å². The Hall–Kier alpha value is -0.370. The summed E-state index contributed by atoms with van der Waals surface area (Å²) in [5.41, 5.74) is -0.272. The summed E-state index contributed by atoms with van der Waals surface area (Å²) in [6, 6.07) is 0. The van der Waals surface area contributed by atoms with E-state index in [0.717, 1.165) is 0 Å². The minimum atomic E-state index is -0.420. The molecule has 0 fully saturated rings. The minimum Gasteiger partial charge on any atom is -0.393 e. The van der Waals surface area contributed by atoms with Crippen molar-refractivity contribution < 1.29 is 9.90 Å². The molecule has 0 saturated heterocycles. The highest BCUT2D eigenvalue weighted by Crippen LogP contribution is 2.24. The van der Waals surface area contributed by atoms with Crippen LogP contribution in [0.15, 0.2) is 0 Å². The van der Waals surface area contributed by atoms with E-state index in [4.69, 9.17) is 0 Å². The first-order valence-corrected chi connectivity index (χ1v) is 3.54. The molecule has 0 aliphatic carbocycles. The van der Waals surface area contributed by atoms with Crippen LogP contribution in [-0.2, 0) is 4.79 Å². The number of carbonyl (C=O) groups excluding carboxylic acids is 1. The molecule has 0 aromatic carbocycles. The highest BCUT2D eigenvalue weighted by atomic mass is 16.3. The van der Waals surface area contributed by atoms with E-state index < -0.39 is 6.10 Å². The number of Topliss-reactive ketones (excluding diaryl/α,β-unsaturated/α-hetero) is 1. The Morgan fingerprint density at radius 2 is 2.00 bits per heavy atom. The Balaban J connectivity index is 3.99. The molecule has 0 aromatic rings. The van der Waals surface area contributed by atoms with E-state index in [1.54, 1.807) is 13.8 Å². The minimum absolute atomic E-state index is 0.130. The van der Waals surface area contributed by atoms with Crippen molar-refractivity contribution in [3.05, 3.63) is 0 Å². The third-order valence-electron chi connectivity index (χ3n) is 1.84. The van der Waals surface area contributed by atoms with Gasteiger partial charge in [0.15, 0.2) is 0 Å². The molecule has 2 nitrogen and oxygen atoms in total. The van der Waals surface area contributed by atoms with Crippen molar-refractivity contribution in [2.24, 2.45) is 5.41 Å². The van der Waals surface area contributed by atoms with Gasteiger partial charge in [0.1, 0.15) is 5.78 Å². The van der Waals surface area contributed by atoms with Gasteiger partial charge in [0.05, 0.1) is 6.10 Å². The van der Waals surface area contributed by atoms with Crippen molar-refractivity contribution in [3.63, 3.8) is 0 Å². The third-order valence-corrected chi connectivity index (χ3v) is 1.84. The maximum absolute atomic E-state index is 10.7. The average Bonchev–Trinajstić information content (AvgIpc) is 1.60. The van der Waals surface area contributed by atoms with Crippen molar-refractivity contribution >= 4 is 5.78 Å². The second-order valence-electron chi connectivity index (χ2n) is 3.54. The summed E-state index contributed by atoms with van der Waals surface area (Å²) in [5, 5.41) is 9.18. The molecule has 0 heterocycles. The SMILES string of the molecule is CC(=O)CC(C)(C)C(C)O. The normalized spacial score (nSPS) is 14.9. The van der Waals surface area contributed by atoms with Gasteiger partial charge in [-0.05, 0) is 19.3 Å². The fourth-order valence-electron chi connectivity index (χ4n) is 0.789. The number of ketones is 1. The van der Waals surface area contributed by atoms with Crippen LogP contribution >= 0.6 is 0 Å². The summed E-state index contributed by atoms with van der Waals surface area (Å²) in [5.74, 6) is 0.130. The second-order valence-corrected chi connectivity index (χ2v) is 3.54. The van der Waals surface area contributed by atoms with Crippen molar-refractivity contribution in [3.8, 4) is 0 Å². The fraction of sp³-hybridized carbons (Fsp3) is 0.875. The molecule has 10 heavy (non-hydrogen) atoms. The third kappa shape index (κ3) is 2.97. The fourth-order valence-corrected chi connectivity index (χ4v) is 0.789. The Labute approximate surface area is 62.2 Å². The van der Waals surface area contributed by atoms with Gasteiger partial charge in [-0.2, -0.15) is 0 Å². The second kappa shape index (κ2) is 3.15. The lowest BCUT2D eigenvalue weighted by atomic mass is 9.83. The Morgan fingerprint density at radius 1 is 1.60 bits per heavy atom. The first-order valence-electron chi connectivity index (χ1n) is 3.54. The first-order chi connectivity index (χ1) is 4.36. The van der Waals surface area contributed by atoms with E-state index >= 15 is 0 Å². The van der Waals surface area contributed by atoms with Gasteiger partial charge < -0.3 is 9.90 Å². The molecule has 1 N–H and O–H groups in total. The molecule has 0 rings (SSSR count). The van der Waals surface area contributed by atoms with Gasteiger partial charge in [0, 0.05) is 6.42 Å². The molecule has 2 heteroatoms. The molecule has 0 radical (unpaired) electrons. The smallest absolute Gasteiger partial charge is 0.130 e. The van der Waals surface area contributed by atoms with Crippen LogP contribution in [-0.4, -0.2) is 17.0 Å². The molecule has 60 valence electrons. The van der Waals surface area contributed by atoms with E-state index in [9.17, 15) is 9.90 Å². The van der Waals surface area contributed by atoms with Crippen molar-refractivity contribution in [1.29, 1.82) is 0 Å². The van der Waals surface area contributed by atoms with Gasteiger partial charge in [-0.25, -0.2) is 0 Å². The summed E-state index contributed by atoms with van der Waals surface area (Å²) in [6.07, 6.45) is 0.0291. The lowest BCUT2D eigenvalue weighted by Gasteiger charge is -2.26. The number of hydrogen-bond donors (Lipinski definition) is 1. The molecular weight excluding hydrogens is 128 g/mol. The Kier molecular flexibility index (Phi) is 3.03. The highest BCUT2D eigenvalue weighted by molar-refractivity contribution is 5.76. The molecule has 0 aliphatic rings. The highest BCUT2D eigenvalue weighted by Gasteiger charge is 2.25. The zero-order valence-electron chi connectivity index (χ0n) is 7.14. The molecule has 1 atom stereocenters. The standard InChI is InChI=1S/C8H16O2/c1-6(9)5-8(3,4)7(2)10/h7,10H,5H2,1-4H3. The predicted octanol–water partition coefficient (Wildman–Crippen LogP) is 1.37. The van der Waals surface area contributed by atoms with Crippen LogP contribution in [0.1, 0.15) is 34.1 Å². The zero-order valence-corrected chi connectivity index (χ0v) is 7.14. The van der Waals surface area contributed by atoms with Crippen LogP contribution in [0.25, 0.3) is 0 Å². The van der Waals surface area contributed by atoms with Crippen LogP contribution in [0.5, 0.6) is 0 Å². The van der Waals surface area contributed by atoms with E-state index in [1.165, 1.54) is 0 Å². The Bertz CT molecular complexity index is 125. The monoisotopic (exact) mass is 144 g/mol. The van der Waals surface area contributed by atoms with Crippen molar-refractivity contribution in [2.45, 2.75) is 40.2 Å². The molecule has 0 aliphatic heterocycles. The van der Waals surface area contributed by atoms with Crippen LogP contribution in [0.3, 0.4) is 0 Å². The molecule has 0 spiro atoms. The van der Waals surface area contributed by atoms with Gasteiger partial charge in [-0.3, -0.25) is 0 Å². The van der Waals surface area contributed by atoms with E-state index in [2.05, 4.69) is 0 Å². The summed E-state index contributed by atoms with van der Waals surface area (Å²) in [4.78, 5) is 10.7. The molecule has 0 amide bonds. The lowest BCUT2D eigenvalue weighted by Crippen LogP contribution is -2.28. The lowest BCUT2D eigenvalue weighted by molar-refractivity contribution is -0.120. The average molecular weight is 144 g/mol. The topological polar surface area (TPSA) is 37.3 Å². The van der Waals surface area contributed by atoms with Gasteiger partial charge in [-0.1, -0.05) is 13.8 Å². The zero-order chi connectivity index (χ0) is 8.36.